The van der Waals surface area contributed by atoms with Crippen LogP contribution in [0.5, 0.6) is 0 Å². The highest BCUT2D eigenvalue weighted by Crippen LogP contribution is 2.19. The Kier molecular flexibility index (Phi) is 2.68. The normalized spacial score (nSPS) is 11.6. The van der Waals surface area contributed by atoms with Crippen molar-refractivity contribution < 1.29 is 8.42 Å². The molecule has 1 aromatic carbocycles. The summed E-state index contributed by atoms with van der Waals surface area (Å²) in [5, 5.41) is 6.96. The second kappa shape index (κ2) is 4.36. The summed E-state index contributed by atoms with van der Waals surface area (Å²) in [4.78, 5) is 4.28. The van der Waals surface area contributed by atoms with Gasteiger partial charge in [0.15, 0.2) is 0 Å². The molecule has 0 fully saturated rings. The maximum Gasteiger partial charge on any atom is 0.265 e. The van der Waals surface area contributed by atoms with Crippen molar-refractivity contribution in [2.45, 2.75) is 4.90 Å². The molecule has 0 atom stereocenters. The number of fused-ring (bicyclic) bond motifs is 1. The van der Waals surface area contributed by atoms with E-state index in [9.17, 15) is 8.42 Å². The Bertz CT molecular complexity index is 813. The molecule has 6 nitrogen and oxygen atoms in total. The van der Waals surface area contributed by atoms with Crippen molar-refractivity contribution in [1.82, 2.24) is 15.2 Å². The largest absolute Gasteiger partial charge is 0.284 e. The van der Waals surface area contributed by atoms with E-state index in [1.54, 1.807) is 6.07 Å². The van der Waals surface area contributed by atoms with Gasteiger partial charge < -0.3 is 0 Å². The number of aromatic amines is 1. The van der Waals surface area contributed by atoms with Crippen LogP contribution in [0.25, 0.3) is 10.9 Å². The molecular formula is C12H10N4O2S. The van der Waals surface area contributed by atoms with Gasteiger partial charge in [-0.2, -0.15) is 5.10 Å². The van der Waals surface area contributed by atoms with Crippen LogP contribution in [0.3, 0.4) is 0 Å². The average Bonchev–Trinajstić information content (AvgIpc) is 2.93. The molecule has 96 valence electrons. The van der Waals surface area contributed by atoms with E-state index in [1.807, 2.05) is 24.3 Å². The molecule has 2 heterocycles. The fraction of sp³-hybridized carbons (Fsp3) is 0. The van der Waals surface area contributed by atoms with Gasteiger partial charge in [0.05, 0.1) is 23.6 Å². The van der Waals surface area contributed by atoms with Crippen LogP contribution in [0.2, 0.25) is 0 Å². The lowest BCUT2D eigenvalue weighted by atomic mass is 10.2. The Morgan fingerprint density at radius 1 is 1.16 bits per heavy atom. The zero-order chi connectivity index (χ0) is 13.3. The molecule has 0 saturated carbocycles. The highest BCUT2D eigenvalue weighted by atomic mass is 32.2. The number of H-pyrrole nitrogens is 1. The number of pyridine rings is 1. The van der Waals surface area contributed by atoms with E-state index < -0.39 is 10.0 Å². The van der Waals surface area contributed by atoms with Crippen molar-refractivity contribution >= 4 is 26.6 Å². The van der Waals surface area contributed by atoms with Crippen LogP contribution in [0.4, 0.5) is 5.69 Å². The summed E-state index contributed by atoms with van der Waals surface area (Å²) in [6, 6.07) is 9.23. The monoisotopic (exact) mass is 274 g/mol. The summed E-state index contributed by atoms with van der Waals surface area (Å²) >= 11 is 0. The molecule has 0 aliphatic rings. The zero-order valence-electron chi connectivity index (χ0n) is 9.74. The third kappa shape index (κ3) is 2.27. The van der Waals surface area contributed by atoms with Crippen molar-refractivity contribution in [3.8, 4) is 0 Å². The maximum absolute atomic E-state index is 12.0. The van der Waals surface area contributed by atoms with Gasteiger partial charge in [-0.15, -0.1) is 0 Å². The fourth-order valence-corrected chi connectivity index (χ4v) is 2.67. The highest BCUT2D eigenvalue weighted by molar-refractivity contribution is 7.92. The molecular weight excluding hydrogens is 264 g/mol. The molecule has 19 heavy (non-hydrogen) atoms. The quantitative estimate of drug-likeness (QED) is 0.761. The lowest BCUT2D eigenvalue weighted by Crippen LogP contribution is -2.12. The van der Waals surface area contributed by atoms with Crippen LogP contribution in [-0.4, -0.2) is 23.6 Å². The molecule has 0 bridgehead atoms. The van der Waals surface area contributed by atoms with Gasteiger partial charge in [0.25, 0.3) is 10.0 Å². The number of hydrogen-bond donors (Lipinski definition) is 2. The van der Waals surface area contributed by atoms with Gasteiger partial charge in [-0.25, -0.2) is 8.42 Å². The first kappa shape index (κ1) is 11.7. The van der Waals surface area contributed by atoms with E-state index in [-0.39, 0.29) is 4.90 Å². The Labute approximate surface area is 109 Å². The summed E-state index contributed by atoms with van der Waals surface area (Å²) in [7, 11) is -3.62. The smallest absolute Gasteiger partial charge is 0.265 e. The predicted molar refractivity (Wildman–Crippen MR) is 71.1 cm³/mol. The van der Waals surface area contributed by atoms with E-state index >= 15 is 0 Å². The second-order valence-corrected chi connectivity index (χ2v) is 5.64. The Morgan fingerprint density at radius 3 is 2.79 bits per heavy atom. The van der Waals surface area contributed by atoms with Crippen molar-refractivity contribution in [1.29, 1.82) is 0 Å². The Morgan fingerprint density at radius 2 is 2.00 bits per heavy atom. The second-order valence-electron chi connectivity index (χ2n) is 3.96. The minimum absolute atomic E-state index is 0.0839. The Balaban J connectivity index is 1.98. The number of nitrogens with one attached hydrogen (secondary N) is 2. The van der Waals surface area contributed by atoms with E-state index in [0.717, 1.165) is 10.9 Å². The molecule has 2 N–H and O–H groups in total. The zero-order valence-corrected chi connectivity index (χ0v) is 10.6. The van der Waals surface area contributed by atoms with Crippen LogP contribution in [0.15, 0.2) is 53.8 Å². The molecule has 0 unspecified atom stereocenters. The van der Waals surface area contributed by atoms with E-state index in [4.69, 9.17) is 0 Å². The van der Waals surface area contributed by atoms with E-state index in [1.165, 1.54) is 18.6 Å². The summed E-state index contributed by atoms with van der Waals surface area (Å²) in [6.45, 7) is 0. The third-order valence-corrected chi connectivity index (χ3v) is 3.97. The van der Waals surface area contributed by atoms with Gasteiger partial charge in [-0.3, -0.25) is 14.8 Å². The number of para-hydroxylation sites is 1. The summed E-state index contributed by atoms with van der Waals surface area (Å²) in [5.41, 5.74) is 1.23. The number of rotatable bonds is 3. The van der Waals surface area contributed by atoms with Crippen LogP contribution in [0.1, 0.15) is 0 Å². The van der Waals surface area contributed by atoms with Crippen LogP contribution < -0.4 is 4.72 Å². The topological polar surface area (TPSA) is 87.7 Å². The fourth-order valence-electron chi connectivity index (χ4n) is 1.73. The first-order valence-corrected chi connectivity index (χ1v) is 7.00. The molecule has 0 saturated heterocycles. The number of benzene rings is 1. The highest BCUT2D eigenvalue weighted by Gasteiger charge is 2.15. The molecule has 0 amide bonds. The van der Waals surface area contributed by atoms with Gasteiger partial charge in [-0.1, -0.05) is 18.2 Å². The molecule has 0 spiro atoms. The number of aromatic nitrogens is 3. The standard InChI is InChI=1S/C12H10N4O2S/c17-19(18,11-7-14-15-8-11)16-10-5-9-3-1-2-4-12(9)13-6-10/h1-8,16H,(H,14,15). The first-order chi connectivity index (χ1) is 9.15. The average molecular weight is 274 g/mol. The molecule has 0 radical (unpaired) electrons. The maximum atomic E-state index is 12.0. The van der Waals surface area contributed by atoms with E-state index in [0.29, 0.717) is 5.69 Å². The molecule has 3 rings (SSSR count). The number of nitrogens with zero attached hydrogens (tertiary/aromatic N) is 2. The molecule has 7 heteroatoms. The number of anilines is 1. The van der Waals surface area contributed by atoms with Crippen LogP contribution in [0, 0.1) is 0 Å². The third-order valence-electron chi connectivity index (χ3n) is 2.63. The SMILES string of the molecule is O=S(=O)(Nc1cnc2ccccc2c1)c1cn[nH]c1. The van der Waals surface area contributed by atoms with Gasteiger partial charge >= 0.3 is 0 Å². The van der Waals surface area contributed by atoms with Gasteiger partial charge in [-0.05, 0) is 12.1 Å². The number of sulfonamides is 1. The summed E-state index contributed by atoms with van der Waals surface area (Å²) < 4.78 is 26.5. The molecule has 0 aliphatic heterocycles. The number of hydrogen-bond acceptors (Lipinski definition) is 4. The Hall–Kier alpha value is -2.41. The van der Waals surface area contributed by atoms with Crippen LogP contribution in [-0.2, 0) is 10.0 Å². The minimum Gasteiger partial charge on any atom is -0.284 e. The first-order valence-electron chi connectivity index (χ1n) is 5.51. The van der Waals surface area contributed by atoms with E-state index in [2.05, 4.69) is 19.9 Å². The van der Waals surface area contributed by atoms with Crippen LogP contribution >= 0.6 is 0 Å². The lowest BCUT2D eigenvalue weighted by Gasteiger charge is -2.06. The van der Waals surface area contributed by atoms with Crippen molar-refractivity contribution in [3.63, 3.8) is 0 Å². The van der Waals surface area contributed by atoms with Gasteiger partial charge in [0.2, 0.25) is 0 Å². The summed E-state index contributed by atoms with van der Waals surface area (Å²) in [5.74, 6) is 0. The summed E-state index contributed by atoms with van der Waals surface area (Å²) in [6.07, 6.45) is 4.05. The molecule has 2 aromatic heterocycles. The van der Waals surface area contributed by atoms with Crippen molar-refractivity contribution in [2.75, 3.05) is 4.72 Å². The van der Waals surface area contributed by atoms with Gasteiger partial charge in [0, 0.05) is 11.6 Å². The predicted octanol–water partition coefficient (Wildman–Crippen LogP) is 1.76. The lowest BCUT2D eigenvalue weighted by molar-refractivity contribution is 0.601. The molecule has 3 aromatic rings. The van der Waals surface area contributed by atoms with Crippen molar-refractivity contribution in [2.24, 2.45) is 0 Å². The molecule has 0 aliphatic carbocycles. The minimum atomic E-state index is -3.62. The van der Waals surface area contributed by atoms with Crippen molar-refractivity contribution in [3.05, 3.63) is 48.9 Å². The van der Waals surface area contributed by atoms with Gasteiger partial charge in [0.1, 0.15) is 4.90 Å².